The van der Waals surface area contributed by atoms with Crippen LogP contribution in [-0.2, 0) is 27.5 Å². The summed E-state index contributed by atoms with van der Waals surface area (Å²) >= 11 is 0. The van der Waals surface area contributed by atoms with Gasteiger partial charge in [-0.05, 0) is 59.7 Å². The second-order valence-corrected chi connectivity index (χ2v) is 10.6. The maximum atomic E-state index is 13.2. The molecular formula is C29H37FN6O4. The van der Waals surface area contributed by atoms with Gasteiger partial charge in [-0.3, -0.25) is 9.59 Å². The molecule has 0 bridgehead atoms. The van der Waals surface area contributed by atoms with Gasteiger partial charge < -0.3 is 15.4 Å². The first-order chi connectivity index (χ1) is 19.1. The Bertz CT molecular complexity index is 1250. The molecule has 0 aliphatic carbocycles. The van der Waals surface area contributed by atoms with Crippen molar-refractivity contribution in [1.82, 2.24) is 30.8 Å². The lowest BCUT2D eigenvalue weighted by Crippen LogP contribution is -2.51. The minimum atomic E-state index is -0.816. The van der Waals surface area contributed by atoms with Crippen LogP contribution in [-0.4, -0.2) is 50.1 Å². The van der Waals surface area contributed by atoms with Crippen molar-refractivity contribution in [3.8, 4) is 11.4 Å². The third-order valence-electron chi connectivity index (χ3n) is 5.98. The van der Waals surface area contributed by atoms with Gasteiger partial charge in [-0.15, -0.1) is 10.2 Å². The van der Waals surface area contributed by atoms with Gasteiger partial charge in [-0.2, -0.15) is 4.80 Å². The molecule has 0 saturated carbocycles. The first-order valence-electron chi connectivity index (χ1n) is 13.4. The zero-order valence-electron chi connectivity index (χ0n) is 23.3. The van der Waals surface area contributed by atoms with Crippen molar-refractivity contribution in [2.75, 3.05) is 0 Å². The Balaban J connectivity index is 1.59. The molecule has 10 nitrogen and oxygen atoms in total. The third kappa shape index (κ3) is 10.2. The zero-order chi connectivity index (χ0) is 29.1. The molecular weight excluding hydrogens is 515 g/mol. The summed E-state index contributed by atoms with van der Waals surface area (Å²) in [5.41, 5.74) is 1.42. The quantitative estimate of drug-likeness (QED) is 0.305. The Morgan fingerprint density at radius 2 is 1.60 bits per heavy atom. The number of alkyl carbamates (subject to hydrolysis) is 1. The van der Waals surface area contributed by atoms with Crippen LogP contribution in [0.25, 0.3) is 11.4 Å². The van der Waals surface area contributed by atoms with Crippen LogP contribution in [0, 0.1) is 17.7 Å². The fourth-order valence-electron chi connectivity index (χ4n) is 4.20. The number of Topliss-reactive ketones (excluding diaryl/α,β-unsaturated/α-hetero) is 1. The number of halogens is 1. The number of ether oxygens (including phenoxy) is 1. The number of carbonyl (C=O) groups is 3. The highest BCUT2D eigenvalue weighted by molar-refractivity contribution is 5.86. The van der Waals surface area contributed by atoms with E-state index >= 15 is 0 Å². The molecule has 2 N–H and O–H groups in total. The summed E-state index contributed by atoms with van der Waals surface area (Å²) < 4.78 is 18.5. The second-order valence-electron chi connectivity index (χ2n) is 10.6. The zero-order valence-corrected chi connectivity index (χ0v) is 23.3. The minimum absolute atomic E-state index is 0.0597. The molecule has 0 spiro atoms. The molecule has 0 radical (unpaired) electrons. The number of amides is 2. The average molecular weight is 553 g/mol. The van der Waals surface area contributed by atoms with Crippen molar-refractivity contribution in [3.05, 3.63) is 66.0 Å². The summed E-state index contributed by atoms with van der Waals surface area (Å²) in [6.45, 7) is 7.88. The van der Waals surface area contributed by atoms with Gasteiger partial charge in [0.1, 0.15) is 25.0 Å². The standard InChI is InChI=1S/C29H37FN6O4/c1-19(2)14-24(16-25(37)17-36-34-27(33-35-36)22-10-12-23(30)13-11-22)31-28(38)26(15-20(3)4)32-29(39)40-18-21-8-6-5-7-9-21/h5-13,19-20,24,26H,14-18H2,1-4H3,(H,31,38)(H,32,39)/t24-,26-/m0/s1. The predicted molar refractivity (Wildman–Crippen MR) is 147 cm³/mol. The van der Waals surface area contributed by atoms with Crippen molar-refractivity contribution in [2.45, 2.75) is 72.2 Å². The monoisotopic (exact) mass is 552 g/mol. The van der Waals surface area contributed by atoms with Gasteiger partial charge in [0.05, 0.1) is 0 Å². The number of tetrazole rings is 1. The molecule has 0 aliphatic heterocycles. The van der Waals surface area contributed by atoms with Crippen LogP contribution < -0.4 is 10.6 Å². The van der Waals surface area contributed by atoms with E-state index in [9.17, 15) is 18.8 Å². The largest absolute Gasteiger partial charge is 0.445 e. The molecule has 1 aromatic heterocycles. The number of rotatable bonds is 14. The Hall–Kier alpha value is -4.15. The number of benzene rings is 2. The van der Waals surface area contributed by atoms with E-state index in [2.05, 4.69) is 26.0 Å². The SMILES string of the molecule is CC(C)C[C@@H](CC(=O)Cn1nnc(-c2ccc(F)cc2)n1)NC(=O)[C@H](CC(C)C)NC(=O)OCc1ccccc1. The van der Waals surface area contributed by atoms with E-state index in [0.29, 0.717) is 18.4 Å². The maximum absolute atomic E-state index is 13.2. The highest BCUT2D eigenvalue weighted by Crippen LogP contribution is 2.15. The van der Waals surface area contributed by atoms with Gasteiger partial charge in [0.2, 0.25) is 11.7 Å². The Morgan fingerprint density at radius 3 is 2.25 bits per heavy atom. The number of ketones is 1. The summed E-state index contributed by atoms with van der Waals surface area (Å²) in [6.07, 6.45) is 0.347. The fraction of sp³-hybridized carbons (Fsp3) is 0.448. The summed E-state index contributed by atoms with van der Waals surface area (Å²) in [5.74, 6) is -0.323. The van der Waals surface area contributed by atoms with Crippen molar-refractivity contribution in [2.24, 2.45) is 11.8 Å². The van der Waals surface area contributed by atoms with Gasteiger partial charge in [-0.1, -0.05) is 58.0 Å². The molecule has 40 heavy (non-hydrogen) atoms. The Kier molecular flexibility index (Phi) is 11.3. The number of nitrogens with one attached hydrogen (secondary N) is 2. The summed E-state index contributed by atoms with van der Waals surface area (Å²) in [7, 11) is 0. The minimum Gasteiger partial charge on any atom is -0.445 e. The van der Waals surface area contributed by atoms with Crippen LogP contribution in [0.3, 0.4) is 0 Å². The van der Waals surface area contributed by atoms with E-state index in [1.807, 2.05) is 58.0 Å². The van der Waals surface area contributed by atoms with Crippen LogP contribution in [0.5, 0.6) is 0 Å². The second kappa shape index (κ2) is 14.9. The van der Waals surface area contributed by atoms with Crippen molar-refractivity contribution in [1.29, 1.82) is 0 Å². The van der Waals surface area contributed by atoms with E-state index in [1.165, 1.54) is 29.1 Å². The first-order valence-corrected chi connectivity index (χ1v) is 13.4. The topological polar surface area (TPSA) is 128 Å². The van der Waals surface area contributed by atoms with E-state index < -0.39 is 18.2 Å². The van der Waals surface area contributed by atoms with Crippen molar-refractivity contribution >= 4 is 17.8 Å². The van der Waals surface area contributed by atoms with Crippen LogP contribution >= 0.6 is 0 Å². The average Bonchev–Trinajstić information content (AvgIpc) is 3.35. The van der Waals surface area contributed by atoms with E-state index in [1.54, 1.807) is 0 Å². The van der Waals surface area contributed by atoms with E-state index in [-0.39, 0.29) is 54.7 Å². The van der Waals surface area contributed by atoms with Crippen LogP contribution in [0.4, 0.5) is 9.18 Å². The van der Waals surface area contributed by atoms with Crippen molar-refractivity contribution < 1.29 is 23.5 Å². The summed E-state index contributed by atoms with van der Waals surface area (Å²) in [5, 5.41) is 17.7. The van der Waals surface area contributed by atoms with Crippen LogP contribution in [0.15, 0.2) is 54.6 Å². The molecule has 1 heterocycles. The van der Waals surface area contributed by atoms with Crippen LogP contribution in [0.1, 0.15) is 52.5 Å². The molecule has 3 rings (SSSR count). The van der Waals surface area contributed by atoms with Crippen LogP contribution in [0.2, 0.25) is 0 Å². The normalized spacial score (nSPS) is 12.7. The first kappa shape index (κ1) is 30.4. The molecule has 2 atom stereocenters. The molecule has 0 fully saturated rings. The highest BCUT2D eigenvalue weighted by atomic mass is 19.1. The molecule has 214 valence electrons. The summed E-state index contributed by atoms with van der Waals surface area (Å²) in [6, 6.07) is 13.7. The third-order valence-corrected chi connectivity index (χ3v) is 5.98. The number of nitrogens with zero attached hydrogens (tertiary/aromatic N) is 4. The van der Waals surface area contributed by atoms with Gasteiger partial charge in [0, 0.05) is 18.0 Å². The Labute approximate surface area is 233 Å². The van der Waals surface area contributed by atoms with Crippen molar-refractivity contribution in [3.63, 3.8) is 0 Å². The Morgan fingerprint density at radius 1 is 0.925 bits per heavy atom. The van der Waals surface area contributed by atoms with Gasteiger partial charge in [-0.25, -0.2) is 9.18 Å². The highest BCUT2D eigenvalue weighted by Gasteiger charge is 2.26. The predicted octanol–water partition coefficient (Wildman–Crippen LogP) is 4.31. The van der Waals surface area contributed by atoms with Gasteiger partial charge in [0.15, 0.2) is 5.78 Å². The van der Waals surface area contributed by atoms with Gasteiger partial charge in [0.25, 0.3) is 0 Å². The molecule has 0 aliphatic rings. The van der Waals surface area contributed by atoms with E-state index in [4.69, 9.17) is 4.74 Å². The molecule has 0 unspecified atom stereocenters. The van der Waals surface area contributed by atoms with E-state index in [0.717, 1.165) is 5.56 Å². The molecule has 3 aromatic rings. The summed E-state index contributed by atoms with van der Waals surface area (Å²) in [4.78, 5) is 39.8. The lowest BCUT2D eigenvalue weighted by atomic mass is 9.97. The maximum Gasteiger partial charge on any atom is 0.408 e. The molecule has 0 saturated heterocycles. The number of carbonyl (C=O) groups excluding carboxylic acids is 3. The molecule has 2 aromatic carbocycles. The molecule has 2 amide bonds. The lowest BCUT2D eigenvalue weighted by Gasteiger charge is -2.25. The lowest BCUT2D eigenvalue weighted by molar-refractivity contribution is -0.125. The fourth-order valence-corrected chi connectivity index (χ4v) is 4.20. The number of hydrogen-bond acceptors (Lipinski definition) is 7. The smallest absolute Gasteiger partial charge is 0.408 e. The number of aromatic nitrogens is 4. The number of hydrogen-bond donors (Lipinski definition) is 2. The molecule has 11 heteroatoms. The van der Waals surface area contributed by atoms with Gasteiger partial charge >= 0.3 is 6.09 Å².